The van der Waals surface area contributed by atoms with Crippen LogP contribution in [-0.4, -0.2) is 6.54 Å². The van der Waals surface area contributed by atoms with Gasteiger partial charge in [-0.05, 0) is 53.9 Å². The standard InChI is InChI=1S/C16H16ClNO/c17-15-3-5-16(6-4-15)19-11-12-1-2-13-7-8-18-10-14(13)9-12/h1-6,9,18H,7-8,10-11H2. The molecule has 0 aromatic heterocycles. The van der Waals surface area contributed by atoms with E-state index in [1.165, 1.54) is 16.7 Å². The molecule has 3 heteroatoms. The summed E-state index contributed by atoms with van der Waals surface area (Å²) in [5.41, 5.74) is 4.05. The van der Waals surface area contributed by atoms with Crippen LogP contribution in [-0.2, 0) is 19.6 Å². The Morgan fingerprint density at radius 2 is 1.89 bits per heavy atom. The number of fused-ring (bicyclic) bond motifs is 1. The summed E-state index contributed by atoms with van der Waals surface area (Å²) in [6, 6.07) is 14.1. The number of rotatable bonds is 3. The van der Waals surface area contributed by atoms with Crippen LogP contribution in [0.1, 0.15) is 16.7 Å². The van der Waals surface area contributed by atoms with Crippen LogP contribution < -0.4 is 10.1 Å². The van der Waals surface area contributed by atoms with E-state index in [9.17, 15) is 0 Å². The van der Waals surface area contributed by atoms with Gasteiger partial charge in [0.05, 0.1) is 0 Å². The first-order valence-corrected chi connectivity index (χ1v) is 6.89. The minimum Gasteiger partial charge on any atom is -0.489 e. The zero-order valence-electron chi connectivity index (χ0n) is 10.7. The molecule has 2 nitrogen and oxygen atoms in total. The fourth-order valence-corrected chi connectivity index (χ4v) is 2.45. The highest BCUT2D eigenvalue weighted by Gasteiger charge is 2.08. The molecule has 98 valence electrons. The Bertz CT molecular complexity index is 565. The average molecular weight is 274 g/mol. The van der Waals surface area contributed by atoms with Gasteiger partial charge in [-0.15, -0.1) is 0 Å². The highest BCUT2D eigenvalue weighted by molar-refractivity contribution is 6.30. The van der Waals surface area contributed by atoms with Crippen LogP contribution in [0.15, 0.2) is 42.5 Å². The highest BCUT2D eigenvalue weighted by Crippen LogP contribution is 2.19. The third-order valence-electron chi connectivity index (χ3n) is 3.38. The predicted molar refractivity (Wildman–Crippen MR) is 77.6 cm³/mol. The summed E-state index contributed by atoms with van der Waals surface area (Å²) in [6.07, 6.45) is 1.12. The van der Waals surface area contributed by atoms with Crippen LogP contribution in [0.25, 0.3) is 0 Å². The van der Waals surface area contributed by atoms with Crippen molar-refractivity contribution < 1.29 is 4.74 Å². The van der Waals surface area contributed by atoms with Crippen LogP contribution in [0.3, 0.4) is 0 Å². The van der Waals surface area contributed by atoms with Crippen molar-refractivity contribution in [2.24, 2.45) is 0 Å². The Labute approximate surface area is 118 Å². The lowest BCUT2D eigenvalue weighted by Gasteiger charge is -2.18. The van der Waals surface area contributed by atoms with Crippen molar-refractivity contribution >= 4 is 11.6 Å². The lowest BCUT2D eigenvalue weighted by molar-refractivity contribution is 0.306. The van der Waals surface area contributed by atoms with Gasteiger partial charge in [-0.25, -0.2) is 0 Å². The third kappa shape index (κ3) is 3.09. The molecule has 0 saturated heterocycles. The van der Waals surface area contributed by atoms with Crippen LogP contribution in [0.2, 0.25) is 5.02 Å². The van der Waals surface area contributed by atoms with Crippen LogP contribution in [0.5, 0.6) is 5.75 Å². The summed E-state index contributed by atoms with van der Waals surface area (Å²) in [5, 5.41) is 4.12. The van der Waals surface area contributed by atoms with E-state index in [-0.39, 0.29) is 0 Å². The molecule has 0 saturated carbocycles. The van der Waals surface area contributed by atoms with E-state index in [0.717, 1.165) is 30.3 Å². The highest BCUT2D eigenvalue weighted by atomic mass is 35.5. The SMILES string of the molecule is Clc1ccc(OCc2ccc3c(c2)CNCC3)cc1. The Kier molecular flexibility index (Phi) is 3.72. The number of benzene rings is 2. The number of hydrogen-bond acceptors (Lipinski definition) is 2. The summed E-state index contributed by atoms with van der Waals surface area (Å²) >= 11 is 5.85. The lowest BCUT2D eigenvalue weighted by Crippen LogP contribution is -2.23. The number of nitrogens with one attached hydrogen (secondary N) is 1. The Balaban J connectivity index is 1.68. The van der Waals surface area contributed by atoms with Crippen molar-refractivity contribution in [1.82, 2.24) is 5.32 Å². The molecule has 1 N–H and O–H groups in total. The van der Waals surface area contributed by atoms with Gasteiger partial charge < -0.3 is 10.1 Å². The van der Waals surface area contributed by atoms with Crippen molar-refractivity contribution in [3.8, 4) is 5.75 Å². The molecule has 1 aliphatic rings. The predicted octanol–water partition coefficient (Wildman–Crippen LogP) is 3.56. The number of ether oxygens (including phenoxy) is 1. The van der Waals surface area contributed by atoms with Gasteiger partial charge >= 0.3 is 0 Å². The fourth-order valence-electron chi connectivity index (χ4n) is 2.32. The molecule has 2 aromatic rings. The summed E-state index contributed by atoms with van der Waals surface area (Å²) < 4.78 is 5.76. The Hall–Kier alpha value is -1.51. The van der Waals surface area contributed by atoms with Gasteiger partial charge in [-0.2, -0.15) is 0 Å². The number of hydrogen-bond donors (Lipinski definition) is 1. The molecular formula is C16H16ClNO. The molecule has 2 aromatic carbocycles. The largest absolute Gasteiger partial charge is 0.489 e. The maximum Gasteiger partial charge on any atom is 0.119 e. The molecule has 0 bridgehead atoms. The third-order valence-corrected chi connectivity index (χ3v) is 3.63. The minimum absolute atomic E-state index is 0.592. The topological polar surface area (TPSA) is 21.3 Å². The maximum absolute atomic E-state index is 5.85. The first kappa shape index (κ1) is 12.5. The summed E-state index contributed by atoms with van der Waals surface area (Å²) in [4.78, 5) is 0. The van der Waals surface area contributed by atoms with Crippen molar-refractivity contribution in [3.05, 3.63) is 64.2 Å². The van der Waals surface area contributed by atoms with Gasteiger partial charge in [0, 0.05) is 11.6 Å². The molecular weight excluding hydrogens is 258 g/mol. The van der Waals surface area contributed by atoms with E-state index < -0.39 is 0 Å². The second-order valence-electron chi connectivity index (χ2n) is 4.77. The second kappa shape index (κ2) is 5.64. The van der Waals surface area contributed by atoms with E-state index in [0.29, 0.717) is 6.61 Å². The normalized spacial score (nSPS) is 13.9. The second-order valence-corrected chi connectivity index (χ2v) is 5.21. The molecule has 0 amide bonds. The van der Waals surface area contributed by atoms with Crippen LogP contribution in [0, 0.1) is 0 Å². The van der Waals surface area contributed by atoms with E-state index in [2.05, 4.69) is 23.5 Å². The Morgan fingerprint density at radius 1 is 1.05 bits per heavy atom. The van der Waals surface area contributed by atoms with E-state index >= 15 is 0 Å². The monoisotopic (exact) mass is 273 g/mol. The quantitative estimate of drug-likeness (QED) is 0.923. The van der Waals surface area contributed by atoms with Crippen LogP contribution in [0.4, 0.5) is 0 Å². The minimum atomic E-state index is 0.592. The van der Waals surface area contributed by atoms with Gasteiger partial charge in [0.15, 0.2) is 0 Å². The van der Waals surface area contributed by atoms with E-state index in [4.69, 9.17) is 16.3 Å². The van der Waals surface area contributed by atoms with Crippen molar-refractivity contribution in [2.45, 2.75) is 19.6 Å². The molecule has 1 heterocycles. The smallest absolute Gasteiger partial charge is 0.119 e. The summed E-state index contributed by atoms with van der Waals surface area (Å²) in [6.45, 7) is 2.63. The molecule has 0 aliphatic carbocycles. The first-order valence-electron chi connectivity index (χ1n) is 6.51. The van der Waals surface area contributed by atoms with E-state index in [1.807, 2.05) is 24.3 Å². The lowest BCUT2D eigenvalue weighted by atomic mass is 9.99. The van der Waals surface area contributed by atoms with Crippen molar-refractivity contribution in [3.63, 3.8) is 0 Å². The molecule has 0 radical (unpaired) electrons. The summed E-state index contributed by atoms with van der Waals surface area (Å²) in [7, 11) is 0. The molecule has 0 spiro atoms. The molecule has 3 rings (SSSR count). The van der Waals surface area contributed by atoms with Crippen molar-refractivity contribution in [2.75, 3.05) is 6.54 Å². The first-order chi connectivity index (χ1) is 9.31. The van der Waals surface area contributed by atoms with Gasteiger partial charge in [0.1, 0.15) is 12.4 Å². The van der Waals surface area contributed by atoms with Gasteiger partial charge in [0.25, 0.3) is 0 Å². The van der Waals surface area contributed by atoms with Gasteiger partial charge in [0.2, 0.25) is 0 Å². The van der Waals surface area contributed by atoms with Crippen LogP contribution >= 0.6 is 11.6 Å². The fraction of sp³-hybridized carbons (Fsp3) is 0.250. The molecule has 0 atom stereocenters. The van der Waals surface area contributed by atoms with Crippen molar-refractivity contribution in [1.29, 1.82) is 0 Å². The molecule has 0 unspecified atom stereocenters. The molecule has 19 heavy (non-hydrogen) atoms. The zero-order valence-corrected chi connectivity index (χ0v) is 11.4. The van der Waals surface area contributed by atoms with Gasteiger partial charge in [-0.1, -0.05) is 29.8 Å². The average Bonchev–Trinajstić information content (AvgIpc) is 2.46. The van der Waals surface area contributed by atoms with E-state index in [1.54, 1.807) is 0 Å². The Morgan fingerprint density at radius 3 is 2.74 bits per heavy atom. The zero-order chi connectivity index (χ0) is 13.1. The van der Waals surface area contributed by atoms with Gasteiger partial charge in [-0.3, -0.25) is 0 Å². The molecule has 1 aliphatic heterocycles. The molecule has 0 fully saturated rings. The number of halogens is 1. The maximum atomic E-state index is 5.85. The summed E-state index contributed by atoms with van der Waals surface area (Å²) in [5.74, 6) is 0.847.